The van der Waals surface area contributed by atoms with Crippen molar-refractivity contribution < 1.29 is 19.6 Å². The molecular formula is C11H13NO5. The van der Waals surface area contributed by atoms with Crippen molar-refractivity contribution in [1.82, 2.24) is 0 Å². The summed E-state index contributed by atoms with van der Waals surface area (Å²) >= 11 is 0. The molecule has 6 heteroatoms. The number of rotatable bonds is 5. The standard InChI is InChI=1S/C11H13NO5/c1-11(8-13,12(15)16)10(14)17-7-9-5-3-2-4-6-9/h2-6,13H,7-8H2,1H3/t11-/m0/s1. The minimum Gasteiger partial charge on any atom is -0.455 e. The third kappa shape index (κ3) is 3.01. The summed E-state index contributed by atoms with van der Waals surface area (Å²) in [6.07, 6.45) is 0. The van der Waals surface area contributed by atoms with Crippen LogP contribution in [0.15, 0.2) is 30.3 Å². The highest BCUT2D eigenvalue weighted by molar-refractivity contribution is 5.78. The van der Waals surface area contributed by atoms with E-state index >= 15 is 0 Å². The largest absolute Gasteiger partial charge is 0.455 e. The number of nitrogens with zero attached hydrogens (tertiary/aromatic N) is 1. The lowest BCUT2D eigenvalue weighted by molar-refractivity contribution is -0.554. The highest BCUT2D eigenvalue weighted by atomic mass is 16.6. The van der Waals surface area contributed by atoms with E-state index in [2.05, 4.69) is 0 Å². The van der Waals surface area contributed by atoms with Gasteiger partial charge in [0.2, 0.25) is 0 Å². The monoisotopic (exact) mass is 239 g/mol. The maximum Gasteiger partial charge on any atom is 0.387 e. The summed E-state index contributed by atoms with van der Waals surface area (Å²) < 4.78 is 4.80. The zero-order chi connectivity index (χ0) is 12.9. The first-order valence-corrected chi connectivity index (χ1v) is 4.97. The molecule has 92 valence electrons. The van der Waals surface area contributed by atoms with Crippen LogP contribution in [0.5, 0.6) is 0 Å². The van der Waals surface area contributed by atoms with E-state index in [9.17, 15) is 14.9 Å². The molecule has 0 aliphatic heterocycles. The van der Waals surface area contributed by atoms with Gasteiger partial charge in [0.1, 0.15) is 13.2 Å². The van der Waals surface area contributed by atoms with E-state index in [1.165, 1.54) is 0 Å². The van der Waals surface area contributed by atoms with Crippen LogP contribution in [0.25, 0.3) is 0 Å². The molecule has 0 bridgehead atoms. The number of nitro groups is 1. The molecule has 1 atom stereocenters. The fourth-order valence-corrected chi connectivity index (χ4v) is 1.08. The number of esters is 1. The van der Waals surface area contributed by atoms with Gasteiger partial charge >= 0.3 is 11.5 Å². The van der Waals surface area contributed by atoms with E-state index in [0.717, 1.165) is 12.5 Å². The van der Waals surface area contributed by atoms with Gasteiger partial charge in [-0.25, -0.2) is 4.79 Å². The molecule has 0 aromatic heterocycles. The number of aliphatic hydroxyl groups is 1. The highest BCUT2D eigenvalue weighted by Gasteiger charge is 2.47. The van der Waals surface area contributed by atoms with Crippen molar-refractivity contribution >= 4 is 5.97 Å². The van der Waals surface area contributed by atoms with Crippen LogP contribution >= 0.6 is 0 Å². The summed E-state index contributed by atoms with van der Waals surface area (Å²) in [7, 11) is 0. The molecule has 0 unspecified atom stereocenters. The van der Waals surface area contributed by atoms with Crippen molar-refractivity contribution in [2.75, 3.05) is 6.61 Å². The molecular weight excluding hydrogens is 226 g/mol. The molecule has 0 radical (unpaired) electrons. The van der Waals surface area contributed by atoms with E-state index in [-0.39, 0.29) is 6.61 Å². The fourth-order valence-electron chi connectivity index (χ4n) is 1.08. The Kier molecular flexibility index (Phi) is 4.17. The Bertz CT molecular complexity index is 406. The molecule has 0 heterocycles. The first-order valence-electron chi connectivity index (χ1n) is 4.97. The van der Waals surface area contributed by atoms with Gasteiger partial charge in [-0.3, -0.25) is 10.1 Å². The predicted octanol–water partition coefficient (Wildman–Crippen LogP) is 0.758. The molecule has 0 amide bonds. The summed E-state index contributed by atoms with van der Waals surface area (Å²) in [4.78, 5) is 21.3. The lowest BCUT2D eigenvalue weighted by Crippen LogP contribution is -2.47. The van der Waals surface area contributed by atoms with E-state index in [1.807, 2.05) is 0 Å². The van der Waals surface area contributed by atoms with Crippen molar-refractivity contribution in [3.63, 3.8) is 0 Å². The molecule has 0 saturated heterocycles. The third-order valence-corrected chi connectivity index (χ3v) is 2.36. The number of hydrogen-bond donors (Lipinski definition) is 1. The van der Waals surface area contributed by atoms with Gasteiger partial charge in [-0.2, -0.15) is 0 Å². The van der Waals surface area contributed by atoms with Crippen LogP contribution in [0, 0.1) is 10.1 Å². The number of benzene rings is 1. The Hall–Kier alpha value is -1.95. The number of carbonyl (C=O) groups excluding carboxylic acids is 1. The molecule has 0 fully saturated rings. The first-order chi connectivity index (χ1) is 8.00. The van der Waals surface area contributed by atoms with E-state index in [1.54, 1.807) is 30.3 Å². The third-order valence-electron chi connectivity index (χ3n) is 2.36. The summed E-state index contributed by atoms with van der Waals surface area (Å²) in [6, 6.07) is 8.80. The van der Waals surface area contributed by atoms with Crippen molar-refractivity contribution in [2.24, 2.45) is 0 Å². The van der Waals surface area contributed by atoms with Crippen molar-refractivity contribution in [1.29, 1.82) is 0 Å². The quantitative estimate of drug-likeness (QED) is 0.465. The second-order valence-corrected chi connectivity index (χ2v) is 3.75. The first kappa shape index (κ1) is 13.1. The maximum atomic E-state index is 11.5. The molecule has 0 aliphatic carbocycles. The van der Waals surface area contributed by atoms with Crippen LogP contribution in [-0.4, -0.2) is 28.1 Å². The van der Waals surface area contributed by atoms with Crippen LogP contribution in [0.4, 0.5) is 0 Å². The second kappa shape index (κ2) is 5.40. The molecule has 6 nitrogen and oxygen atoms in total. The zero-order valence-electron chi connectivity index (χ0n) is 9.33. The van der Waals surface area contributed by atoms with Crippen molar-refractivity contribution in [2.45, 2.75) is 19.1 Å². The maximum absolute atomic E-state index is 11.5. The number of hydrogen-bond acceptors (Lipinski definition) is 5. The number of carbonyl (C=O) groups is 1. The average molecular weight is 239 g/mol. The summed E-state index contributed by atoms with van der Waals surface area (Å²) in [5, 5.41) is 19.5. The van der Waals surface area contributed by atoms with Crippen LogP contribution in [0.3, 0.4) is 0 Å². The molecule has 0 spiro atoms. The highest BCUT2D eigenvalue weighted by Crippen LogP contribution is 2.12. The molecule has 17 heavy (non-hydrogen) atoms. The Morgan fingerprint density at radius 1 is 1.47 bits per heavy atom. The molecule has 1 aromatic carbocycles. The number of aliphatic hydroxyl groups excluding tert-OH is 1. The minimum absolute atomic E-state index is 0.0525. The van der Waals surface area contributed by atoms with Gasteiger partial charge in [-0.15, -0.1) is 0 Å². The van der Waals surface area contributed by atoms with Gasteiger partial charge < -0.3 is 9.84 Å². The Balaban J connectivity index is 2.64. The SMILES string of the molecule is C[C@](CO)(C(=O)OCc1ccccc1)[N+](=O)[O-]. The molecule has 1 rings (SSSR count). The van der Waals surface area contributed by atoms with Gasteiger partial charge in [0.15, 0.2) is 0 Å². The average Bonchev–Trinajstić information content (AvgIpc) is 2.35. The Morgan fingerprint density at radius 2 is 2.06 bits per heavy atom. The number of ether oxygens (including phenoxy) is 1. The van der Waals surface area contributed by atoms with Crippen molar-refractivity contribution in [3.8, 4) is 0 Å². The van der Waals surface area contributed by atoms with Gasteiger partial charge in [0.25, 0.3) is 0 Å². The second-order valence-electron chi connectivity index (χ2n) is 3.75. The van der Waals surface area contributed by atoms with Crippen molar-refractivity contribution in [3.05, 3.63) is 46.0 Å². The van der Waals surface area contributed by atoms with Gasteiger partial charge in [0, 0.05) is 11.8 Å². The van der Waals surface area contributed by atoms with Gasteiger partial charge in [-0.1, -0.05) is 30.3 Å². The zero-order valence-corrected chi connectivity index (χ0v) is 9.33. The van der Waals surface area contributed by atoms with Crippen LogP contribution in [0.2, 0.25) is 0 Å². The Labute approximate surface area is 98.0 Å². The lowest BCUT2D eigenvalue weighted by Gasteiger charge is -2.16. The van der Waals surface area contributed by atoms with Crippen LogP contribution in [0.1, 0.15) is 12.5 Å². The molecule has 0 saturated carbocycles. The van der Waals surface area contributed by atoms with Crippen LogP contribution in [-0.2, 0) is 16.1 Å². The molecule has 1 aromatic rings. The summed E-state index contributed by atoms with van der Waals surface area (Å²) in [6.45, 7) is 0.0804. The van der Waals surface area contributed by atoms with E-state index in [4.69, 9.17) is 9.84 Å². The fraction of sp³-hybridized carbons (Fsp3) is 0.364. The summed E-state index contributed by atoms with van der Waals surface area (Å²) in [5.74, 6) is -1.05. The Morgan fingerprint density at radius 3 is 2.53 bits per heavy atom. The molecule has 1 N–H and O–H groups in total. The normalized spacial score (nSPS) is 13.8. The van der Waals surface area contributed by atoms with Gasteiger partial charge in [0.05, 0.1) is 0 Å². The van der Waals surface area contributed by atoms with E-state index in [0.29, 0.717) is 0 Å². The minimum atomic E-state index is -2.10. The van der Waals surface area contributed by atoms with Crippen LogP contribution < -0.4 is 0 Å². The van der Waals surface area contributed by atoms with E-state index < -0.39 is 23.0 Å². The predicted molar refractivity (Wildman–Crippen MR) is 58.7 cm³/mol. The lowest BCUT2D eigenvalue weighted by atomic mass is 10.1. The summed E-state index contributed by atoms with van der Waals surface area (Å²) in [5.41, 5.74) is -1.38. The molecule has 0 aliphatic rings. The smallest absolute Gasteiger partial charge is 0.387 e. The topological polar surface area (TPSA) is 89.7 Å². The van der Waals surface area contributed by atoms with Gasteiger partial charge in [-0.05, 0) is 5.56 Å².